The summed E-state index contributed by atoms with van der Waals surface area (Å²) in [4.78, 5) is 35.4. The quantitative estimate of drug-likeness (QED) is 0.467. The highest BCUT2D eigenvalue weighted by molar-refractivity contribution is 5.79. The van der Waals surface area contributed by atoms with Crippen molar-refractivity contribution >= 4 is 16.9 Å². The number of carbonyl (C=O) groups excluding carboxylic acids is 1. The van der Waals surface area contributed by atoms with Gasteiger partial charge < -0.3 is 9.64 Å². The van der Waals surface area contributed by atoms with Crippen molar-refractivity contribution in [2.75, 3.05) is 32.8 Å². The van der Waals surface area contributed by atoms with Gasteiger partial charge >= 0.3 is 5.69 Å². The van der Waals surface area contributed by atoms with Gasteiger partial charge in [0.2, 0.25) is 5.91 Å². The van der Waals surface area contributed by atoms with Crippen LogP contribution < -0.4 is 5.69 Å². The second kappa shape index (κ2) is 11.6. The van der Waals surface area contributed by atoms with E-state index >= 15 is 0 Å². The number of carbonyl (C=O) groups is 1. The summed E-state index contributed by atoms with van der Waals surface area (Å²) < 4.78 is 9.52. The van der Waals surface area contributed by atoms with Crippen LogP contribution in [-0.2, 0) is 22.6 Å². The van der Waals surface area contributed by atoms with Crippen LogP contribution >= 0.6 is 0 Å². The monoisotopic (exact) mass is 505 g/mol. The number of imidazole rings is 1. The summed E-state index contributed by atoms with van der Waals surface area (Å²) in [7, 11) is 0. The number of amides is 1. The Labute approximate surface area is 218 Å². The lowest BCUT2D eigenvalue weighted by molar-refractivity contribution is -0.138. The molecule has 0 radical (unpaired) electrons. The van der Waals surface area contributed by atoms with E-state index in [1.165, 1.54) is 5.56 Å². The molecule has 8 heteroatoms. The van der Waals surface area contributed by atoms with Gasteiger partial charge in [0.05, 0.1) is 30.3 Å². The molecule has 3 aromatic rings. The number of benzene rings is 1. The Morgan fingerprint density at radius 3 is 2.32 bits per heavy atom. The van der Waals surface area contributed by atoms with E-state index in [2.05, 4.69) is 22.0 Å². The molecule has 4 heterocycles. The molecule has 2 saturated heterocycles. The minimum atomic E-state index is 0.0277. The third kappa shape index (κ3) is 5.80. The smallest absolute Gasteiger partial charge is 0.329 e. The fourth-order valence-electron chi connectivity index (χ4n) is 5.87. The van der Waals surface area contributed by atoms with E-state index in [1.54, 1.807) is 0 Å². The topological polar surface area (TPSA) is 72.6 Å². The molecule has 198 valence electrons. The lowest BCUT2D eigenvalue weighted by atomic mass is 9.93. The highest BCUT2D eigenvalue weighted by Gasteiger charge is 2.32. The van der Waals surface area contributed by atoms with E-state index in [9.17, 15) is 9.59 Å². The SMILES string of the molecule is CC(C)OCCn1c(=O)n(C2CCN(C(=O)C3CCN(Cc4ccncc4)CC3)CC2)c2ccccc21. The zero-order chi connectivity index (χ0) is 25.8. The average Bonchev–Trinajstić information content (AvgIpc) is 3.20. The Balaban J connectivity index is 1.18. The molecule has 1 aromatic carbocycles. The normalized spacial score (nSPS) is 18.2. The van der Waals surface area contributed by atoms with Gasteiger partial charge in [-0.3, -0.25) is 23.8 Å². The van der Waals surface area contributed by atoms with Crippen molar-refractivity contribution < 1.29 is 9.53 Å². The number of nitrogens with zero attached hydrogens (tertiary/aromatic N) is 5. The Kier molecular flexibility index (Phi) is 8.05. The molecule has 2 aliphatic rings. The second-order valence-electron chi connectivity index (χ2n) is 10.7. The van der Waals surface area contributed by atoms with Gasteiger partial charge in [-0.2, -0.15) is 0 Å². The molecule has 0 atom stereocenters. The van der Waals surface area contributed by atoms with Crippen molar-refractivity contribution in [3.05, 3.63) is 64.8 Å². The van der Waals surface area contributed by atoms with Crippen molar-refractivity contribution in [1.82, 2.24) is 23.9 Å². The lowest BCUT2D eigenvalue weighted by Gasteiger charge is -2.37. The molecule has 0 saturated carbocycles. The second-order valence-corrected chi connectivity index (χ2v) is 10.7. The van der Waals surface area contributed by atoms with Crippen molar-refractivity contribution in [3.63, 3.8) is 0 Å². The zero-order valence-electron chi connectivity index (χ0n) is 22.1. The molecule has 2 fully saturated rings. The predicted octanol–water partition coefficient (Wildman–Crippen LogP) is 3.70. The molecule has 8 nitrogen and oxygen atoms in total. The van der Waals surface area contributed by atoms with Crippen LogP contribution in [0.2, 0.25) is 0 Å². The number of rotatable bonds is 8. The molecule has 0 unspecified atom stereocenters. The first kappa shape index (κ1) is 25.7. The van der Waals surface area contributed by atoms with Gasteiger partial charge in [0.25, 0.3) is 0 Å². The van der Waals surface area contributed by atoms with E-state index in [1.807, 2.05) is 64.5 Å². The highest BCUT2D eigenvalue weighted by atomic mass is 16.5. The highest BCUT2D eigenvalue weighted by Crippen LogP contribution is 2.28. The van der Waals surface area contributed by atoms with Crippen LogP contribution in [0, 0.1) is 5.92 Å². The van der Waals surface area contributed by atoms with Gasteiger partial charge in [-0.05, 0) is 82.4 Å². The van der Waals surface area contributed by atoms with Crippen molar-refractivity contribution in [3.8, 4) is 0 Å². The van der Waals surface area contributed by atoms with Crippen molar-refractivity contribution in [2.45, 2.75) is 64.8 Å². The van der Waals surface area contributed by atoms with Crippen LogP contribution in [0.3, 0.4) is 0 Å². The molecule has 1 amide bonds. The summed E-state index contributed by atoms with van der Waals surface area (Å²) in [5.41, 5.74) is 3.23. The van der Waals surface area contributed by atoms with Crippen molar-refractivity contribution in [2.24, 2.45) is 5.92 Å². The van der Waals surface area contributed by atoms with E-state index in [0.717, 1.165) is 56.4 Å². The van der Waals surface area contributed by atoms with Crippen LogP contribution in [0.25, 0.3) is 11.0 Å². The molecule has 0 aliphatic carbocycles. The Bertz CT molecular complexity index is 1240. The first-order valence-electron chi connectivity index (χ1n) is 13.7. The van der Waals surface area contributed by atoms with E-state index in [0.29, 0.717) is 32.1 Å². The number of ether oxygens (including phenoxy) is 1. The number of pyridine rings is 1. The lowest BCUT2D eigenvalue weighted by Crippen LogP contribution is -2.46. The molecule has 5 rings (SSSR count). The first-order chi connectivity index (χ1) is 18.0. The number of hydrogen-bond acceptors (Lipinski definition) is 5. The molecular weight excluding hydrogens is 466 g/mol. The van der Waals surface area contributed by atoms with Crippen LogP contribution in [0.4, 0.5) is 0 Å². The van der Waals surface area contributed by atoms with E-state index < -0.39 is 0 Å². The number of para-hydroxylation sites is 2. The molecule has 0 bridgehead atoms. The summed E-state index contributed by atoms with van der Waals surface area (Å²) in [6.45, 7) is 9.31. The molecular formula is C29H39N5O3. The first-order valence-corrected chi connectivity index (χ1v) is 13.7. The molecule has 2 aliphatic heterocycles. The Morgan fingerprint density at radius 1 is 0.973 bits per heavy atom. The molecule has 37 heavy (non-hydrogen) atoms. The Morgan fingerprint density at radius 2 is 1.65 bits per heavy atom. The summed E-state index contributed by atoms with van der Waals surface area (Å²) in [5, 5.41) is 0. The number of likely N-dealkylation sites (tertiary alicyclic amines) is 2. The van der Waals surface area contributed by atoms with Crippen LogP contribution in [0.1, 0.15) is 51.1 Å². The third-order valence-corrected chi connectivity index (χ3v) is 7.87. The van der Waals surface area contributed by atoms with Crippen LogP contribution in [0.15, 0.2) is 53.6 Å². The number of fused-ring (bicyclic) bond motifs is 1. The number of aromatic nitrogens is 3. The number of hydrogen-bond donors (Lipinski definition) is 0. The zero-order valence-corrected chi connectivity index (χ0v) is 22.1. The number of piperidine rings is 2. The predicted molar refractivity (Wildman–Crippen MR) is 144 cm³/mol. The molecule has 0 N–H and O–H groups in total. The fourth-order valence-corrected chi connectivity index (χ4v) is 5.87. The summed E-state index contributed by atoms with van der Waals surface area (Å²) in [5.74, 6) is 0.401. The maximum Gasteiger partial charge on any atom is 0.329 e. The van der Waals surface area contributed by atoms with E-state index in [4.69, 9.17) is 4.74 Å². The minimum absolute atomic E-state index is 0.0277. The third-order valence-electron chi connectivity index (χ3n) is 7.87. The van der Waals surface area contributed by atoms with Gasteiger partial charge in [0.15, 0.2) is 0 Å². The van der Waals surface area contributed by atoms with Crippen LogP contribution in [-0.4, -0.2) is 68.7 Å². The summed E-state index contributed by atoms with van der Waals surface area (Å²) in [6, 6.07) is 12.3. The van der Waals surface area contributed by atoms with Gasteiger partial charge in [-0.25, -0.2) is 4.79 Å². The fraction of sp³-hybridized carbons (Fsp3) is 0.552. The summed E-state index contributed by atoms with van der Waals surface area (Å²) in [6.07, 6.45) is 7.25. The molecule has 2 aromatic heterocycles. The van der Waals surface area contributed by atoms with Gasteiger partial charge in [0, 0.05) is 44.0 Å². The average molecular weight is 506 g/mol. The van der Waals surface area contributed by atoms with Gasteiger partial charge in [-0.15, -0.1) is 0 Å². The molecule has 0 spiro atoms. The standard InChI is InChI=1S/C29H39N5O3/c1-22(2)37-20-19-33-26-5-3-4-6-27(26)34(29(33)36)25-11-17-32(18-12-25)28(35)24-9-15-31(16-10-24)21-23-7-13-30-14-8-23/h3-8,13-14,22,24-25H,9-12,15-21H2,1-2H3. The van der Waals surface area contributed by atoms with Gasteiger partial charge in [-0.1, -0.05) is 12.1 Å². The largest absolute Gasteiger partial charge is 0.377 e. The van der Waals surface area contributed by atoms with Gasteiger partial charge in [0.1, 0.15) is 0 Å². The maximum atomic E-state index is 13.5. The van der Waals surface area contributed by atoms with E-state index in [-0.39, 0.29) is 23.8 Å². The Hall–Kier alpha value is -2.97. The minimum Gasteiger partial charge on any atom is -0.377 e. The summed E-state index contributed by atoms with van der Waals surface area (Å²) >= 11 is 0. The maximum absolute atomic E-state index is 13.5. The van der Waals surface area contributed by atoms with Crippen molar-refractivity contribution in [1.29, 1.82) is 0 Å². The van der Waals surface area contributed by atoms with Crippen LogP contribution in [0.5, 0.6) is 0 Å².